The van der Waals surface area contributed by atoms with Crippen LogP contribution in [-0.2, 0) is 6.42 Å². The molecular weight excluding hydrogens is 256 g/mol. The molecule has 1 aliphatic rings. The summed E-state index contributed by atoms with van der Waals surface area (Å²) in [6, 6.07) is 2.42. The van der Waals surface area contributed by atoms with Crippen LogP contribution in [0.15, 0.2) is 18.5 Å². The lowest BCUT2D eigenvalue weighted by molar-refractivity contribution is 0.353. The number of fused-ring (bicyclic) bond motifs is 1. The van der Waals surface area contributed by atoms with E-state index in [1.165, 1.54) is 12.7 Å². The largest absolute Gasteiger partial charge is 0.480 e. The van der Waals surface area contributed by atoms with Gasteiger partial charge < -0.3 is 14.4 Å². The molecule has 0 aliphatic carbocycles. The van der Waals surface area contributed by atoms with E-state index in [9.17, 15) is 0 Å². The molecule has 0 saturated carbocycles. The summed E-state index contributed by atoms with van der Waals surface area (Å²) in [5.74, 6) is 1.53. The van der Waals surface area contributed by atoms with Crippen LogP contribution < -0.4 is 14.4 Å². The van der Waals surface area contributed by atoms with E-state index in [1.54, 1.807) is 13.3 Å². The van der Waals surface area contributed by atoms with Crippen molar-refractivity contribution >= 4 is 5.82 Å². The summed E-state index contributed by atoms with van der Waals surface area (Å²) < 4.78 is 10.3. The molecule has 0 amide bonds. The smallest absolute Gasteiger partial charge is 0.319 e. The zero-order valence-electron chi connectivity index (χ0n) is 11.8. The molecule has 2 aromatic rings. The number of pyridine rings is 1. The Hall–Kier alpha value is -2.37. The molecule has 20 heavy (non-hydrogen) atoms. The molecule has 0 atom stereocenters. The Balaban J connectivity index is 2.05. The third kappa shape index (κ3) is 2.03. The molecule has 0 bridgehead atoms. The van der Waals surface area contributed by atoms with E-state index < -0.39 is 0 Å². The maximum absolute atomic E-state index is 5.31. The summed E-state index contributed by atoms with van der Waals surface area (Å²) >= 11 is 0. The van der Waals surface area contributed by atoms with Gasteiger partial charge >= 0.3 is 6.01 Å². The molecule has 3 heterocycles. The number of hydrogen-bond acceptors (Lipinski definition) is 6. The summed E-state index contributed by atoms with van der Waals surface area (Å²) in [6.07, 6.45) is 4.53. The second-order valence-electron chi connectivity index (χ2n) is 4.66. The third-order valence-electron chi connectivity index (χ3n) is 3.44. The Labute approximate surface area is 117 Å². The molecule has 0 spiro atoms. The molecule has 6 nitrogen and oxygen atoms in total. The van der Waals surface area contributed by atoms with Gasteiger partial charge in [0.2, 0.25) is 5.88 Å². The van der Waals surface area contributed by atoms with Gasteiger partial charge in [0.15, 0.2) is 0 Å². The van der Waals surface area contributed by atoms with Gasteiger partial charge in [-0.2, -0.15) is 4.98 Å². The zero-order valence-corrected chi connectivity index (χ0v) is 11.8. The van der Waals surface area contributed by atoms with E-state index >= 15 is 0 Å². The fourth-order valence-corrected chi connectivity index (χ4v) is 2.38. The maximum Gasteiger partial charge on any atom is 0.319 e. The summed E-state index contributed by atoms with van der Waals surface area (Å²) in [4.78, 5) is 15.0. The van der Waals surface area contributed by atoms with Gasteiger partial charge in [0.05, 0.1) is 19.8 Å². The van der Waals surface area contributed by atoms with Gasteiger partial charge in [-0.1, -0.05) is 0 Å². The molecular formula is C14H16N4O2. The maximum atomic E-state index is 5.31. The highest BCUT2D eigenvalue weighted by atomic mass is 16.5. The Kier molecular flexibility index (Phi) is 3.14. The predicted molar refractivity (Wildman–Crippen MR) is 75.3 cm³/mol. The topological polar surface area (TPSA) is 60.4 Å². The van der Waals surface area contributed by atoms with Gasteiger partial charge in [-0.3, -0.25) is 0 Å². The van der Waals surface area contributed by atoms with Crippen molar-refractivity contribution in [2.45, 2.75) is 6.42 Å². The van der Waals surface area contributed by atoms with E-state index in [0.29, 0.717) is 11.9 Å². The first-order chi connectivity index (χ1) is 9.72. The monoisotopic (exact) mass is 272 g/mol. The molecule has 3 rings (SSSR count). The zero-order chi connectivity index (χ0) is 14.1. The number of likely N-dealkylation sites (N-methyl/N-ethyl adjacent to an activating group) is 1. The lowest BCUT2D eigenvalue weighted by Crippen LogP contribution is -2.13. The second kappa shape index (κ2) is 4.96. The van der Waals surface area contributed by atoms with Crippen LogP contribution in [0, 0.1) is 0 Å². The Morgan fingerprint density at radius 2 is 2.00 bits per heavy atom. The van der Waals surface area contributed by atoms with Gasteiger partial charge in [-0.05, 0) is 18.1 Å². The second-order valence-corrected chi connectivity index (χ2v) is 4.66. The van der Waals surface area contributed by atoms with Crippen LogP contribution in [0.2, 0.25) is 0 Å². The highest BCUT2D eigenvalue weighted by molar-refractivity contribution is 5.70. The number of methoxy groups -OCH3 is 2. The summed E-state index contributed by atoms with van der Waals surface area (Å²) in [6.45, 7) is 1.00. The van der Waals surface area contributed by atoms with E-state index in [1.807, 2.05) is 6.20 Å². The normalized spacial score (nSPS) is 13.2. The van der Waals surface area contributed by atoms with E-state index in [4.69, 9.17) is 9.47 Å². The Bertz CT molecular complexity index is 645. The van der Waals surface area contributed by atoms with Gasteiger partial charge in [-0.15, -0.1) is 0 Å². The van der Waals surface area contributed by atoms with Crippen molar-refractivity contribution in [3.05, 3.63) is 24.0 Å². The van der Waals surface area contributed by atoms with Gasteiger partial charge in [0.25, 0.3) is 0 Å². The molecule has 0 saturated heterocycles. The molecule has 0 fully saturated rings. The van der Waals surface area contributed by atoms with Crippen molar-refractivity contribution in [3.8, 4) is 23.0 Å². The van der Waals surface area contributed by atoms with Crippen LogP contribution in [-0.4, -0.2) is 42.8 Å². The van der Waals surface area contributed by atoms with Crippen molar-refractivity contribution in [3.63, 3.8) is 0 Å². The predicted octanol–water partition coefficient (Wildman–Crippen LogP) is 1.55. The molecule has 0 aromatic carbocycles. The van der Waals surface area contributed by atoms with Gasteiger partial charge in [0, 0.05) is 31.5 Å². The first-order valence-electron chi connectivity index (χ1n) is 6.38. The van der Waals surface area contributed by atoms with Crippen LogP contribution in [0.25, 0.3) is 11.1 Å². The minimum absolute atomic E-state index is 0.291. The Morgan fingerprint density at radius 3 is 2.75 bits per heavy atom. The highest BCUT2D eigenvalue weighted by Gasteiger charge is 2.19. The summed E-state index contributed by atoms with van der Waals surface area (Å²) in [5.41, 5.74) is 3.01. The Morgan fingerprint density at radius 1 is 1.15 bits per heavy atom. The van der Waals surface area contributed by atoms with Crippen molar-refractivity contribution in [1.29, 1.82) is 0 Å². The van der Waals surface area contributed by atoms with Crippen LogP contribution in [0.5, 0.6) is 11.9 Å². The van der Waals surface area contributed by atoms with E-state index in [2.05, 4.69) is 33.0 Å². The fourth-order valence-electron chi connectivity index (χ4n) is 2.38. The molecule has 0 radical (unpaired) electrons. The van der Waals surface area contributed by atoms with Crippen molar-refractivity contribution in [1.82, 2.24) is 15.0 Å². The first kappa shape index (κ1) is 12.7. The third-order valence-corrected chi connectivity index (χ3v) is 3.44. The number of rotatable bonds is 3. The quantitative estimate of drug-likeness (QED) is 0.845. The summed E-state index contributed by atoms with van der Waals surface area (Å²) in [5, 5.41) is 0. The average Bonchev–Trinajstić information content (AvgIpc) is 2.87. The van der Waals surface area contributed by atoms with Crippen LogP contribution in [0.1, 0.15) is 5.56 Å². The molecule has 1 aliphatic heterocycles. The van der Waals surface area contributed by atoms with Gasteiger partial charge in [0.1, 0.15) is 5.82 Å². The highest BCUT2D eigenvalue weighted by Crippen LogP contribution is 2.32. The van der Waals surface area contributed by atoms with Crippen LogP contribution in [0.3, 0.4) is 0 Å². The lowest BCUT2D eigenvalue weighted by atomic mass is 10.1. The van der Waals surface area contributed by atoms with Crippen molar-refractivity contribution in [2.75, 3.05) is 32.7 Å². The number of anilines is 1. The molecule has 104 valence electrons. The minimum atomic E-state index is 0.291. The first-order valence-corrected chi connectivity index (χ1v) is 6.38. The SMILES string of the molecule is COc1ncc(-c2cnc3c(c2)CCN3C)c(OC)n1. The number of nitrogens with zero attached hydrogens (tertiary/aromatic N) is 4. The molecule has 2 aromatic heterocycles. The average molecular weight is 272 g/mol. The van der Waals surface area contributed by atoms with Gasteiger partial charge in [-0.25, -0.2) is 9.97 Å². The molecule has 0 N–H and O–H groups in total. The van der Waals surface area contributed by atoms with Crippen molar-refractivity contribution in [2.24, 2.45) is 0 Å². The number of hydrogen-bond donors (Lipinski definition) is 0. The van der Waals surface area contributed by atoms with Crippen molar-refractivity contribution < 1.29 is 9.47 Å². The van der Waals surface area contributed by atoms with E-state index in [-0.39, 0.29) is 0 Å². The van der Waals surface area contributed by atoms with Crippen LogP contribution >= 0.6 is 0 Å². The standard InChI is InChI=1S/C14H16N4O2/c1-18-5-4-9-6-10(7-15-12(9)18)11-8-16-14(20-3)17-13(11)19-2/h6-8H,4-5H2,1-3H3. The number of ether oxygens (including phenoxy) is 2. The van der Waals surface area contributed by atoms with E-state index in [0.717, 1.165) is 29.9 Å². The molecule has 6 heteroatoms. The fraction of sp³-hybridized carbons (Fsp3) is 0.357. The lowest BCUT2D eigenvalue weighted by Gasteiger charge is -2.12. The molecule has 0 unspecified atom stereocenters. The number of aromatic nitrogens is 3. The summed E-state index contributed by atoms with van der Waals surface area (Å²) in [7, 11) is 5.16. The van der Waals surface area contributed by atoms with Crippen LogP contribution in [0.4, 0.5) is 5.82 Å². The minimum Gasteiger partial charge on any atom is -0.480 e.